The average Bonchev–Trinajstić information content (AvgIpc) is 3.51. The summed E-state index contributed by atoms with van der Waals surface area (Å²) < 4.78 is 79.3. The summed E-state index contributed by atoms with van der Waals surface area (Å²) in [5.74, 6) is -5.85. The smallest absolute Gasteiger partial charge is 0.489 e. The van der Waals surface area contributed by atoms with Crippen LogP contribution in [0.5, 0.6) is 11.5 Å². The lowest BCUT2D eigenvalue weighted by Crippen LogP contribution is -2.61. The average molecular weight is 863 g/mol. The molecule has 61 heavy (non-hydrogen) atoms. The van der Waals surface area contributed by atoms with Gasteiger partial charge >= 0.3 is 17.8 Å². The van der Waals surface area contributed by atoms with E-state index in [-0.39, 0.29) is 30.1 Å². The van der Waals surface area contributed by atoms with E-state index in [0.717, 1.165) is 12.1 Å². The summed E-state index contributed by atoms with van der Waals surface area (Å²) in [5, 5.41) is 12.1. The van der Waals surface area contributed by atoms with Crippen LogP contribution in [0, 0.1) is 52.3 Å². The van der Waals surface area contributed by atoms with Crippen molar-refractivity contribution < 1.29 is 66.0 Å². The van der Waals surface area contributed by atoms with Gasteiger partial charge in [-0.2, -0.15) is 0 Å². The molecule has 3 saturated heterocycles. The number of esters is 1. The summed E-state index contributed by atoms with van der Waals surface area (Å²) in [5.41, 5.74) is -3.07. The molecule has 17 heteroatoms. The van der Waals surface area contributed by atoms with E-state index in [4.69, 9.17) is 37.9 Å². The monoisotopic (exact) mass is 862 g/mol. The molecule has 2 aromatic carbocycles. The minimum atomic E-state index is -1.53. The normalized spacial score (nSPS) is 36.3. The zero-order chi connectivity index (χ0) is 45.3. The van der Waals surface area contributed by atoms with Crippen molar-refractivity contribution >= 4 is 23.6 Å². The third kappa shape index (κ3) is 9.95. The number of likely N-dealkylation sites (N-methyl/N-ethyl adjacent to an activating group) is 1. The third-order valence-electron chi connectivity index (χ3n) is 12.7. The van der Waals surface area contributed by atoms with Crippen molar-refractivity contribution in [3.8, 4) is 11.5 Å². The number of nitrogens with zero attached hydrogens (tertiary/aromatic N) is 2. The fraction of sp³-hybridized carbons (Fsp3) is 0.659. The van der Waals surface area contributed by atoms with Gasteiger partial charge in [0.05, 0.1) is 46.7 Å². The Morgan fingerprint density at radius 3 is 2.13 bits per heavy atom. The van der Waals surface area contributed by atoms with Gasteiger partial charge in [-0.15, -0.1) is 0 Å². The number of Topliss-reactive ketones (excluding diaryl/α,β-unsaturated/α-hetero) is 1. The second-order valence-electron chi connectivity index (χ2n) is 17.5. The highest BCUT2D eigenvalue weighted by atomic mass is 19.1. The van der Waals surface area contributed by atoms with Crippen molar-refractivity contribution in [2.45, 2.75) is 142 Å². The number of nitro benzene ring substituents is 1. The van der Waals surface area contributed by atoms with E-state index >= 15 is 0 Å². The number of aryl methyl sites for hydroxylation is 1. The predicted molar refractivity (Wildman–Crippen MR) is 216 cm³/mol. The molecule has 0 radical (unpaired) electrons. The molecule has 0 aliphatic carbocycles. The summed E-state index contributed by atoms with van der Waals surface area (Å²) in [6, 6.07) is 6.54. The van der Waals surface area contributed by atoms with Gasteiger partial charge in [-0.1, -0.05) is 27.7 Å². The van der Waals surface area contributed by atoms with Crippen LogP contribution < -0.4 is 9.47 Å². The Balaban J connectivity index is 1.69. The maximum atomic E-state index is 14.5. The number of carbonyl (C=O) groups is 3. The number of ketones is 1. The molecule has 0 amide bonds. The summed E-state index contributed by atoms with van der Waals surface area (Å²) in [7, 11) is 5.09. The SMILES string of the molecule is CC[C@H]1OC(=O)[C@H](C)[C@@H](Oc2ccc(F)cc2C)[C@H](C)[C@@H](O[C@@H]2O[C@H](C)C[C@H](N(C)C)[C@H]2Oc2ccc(F)cc2[N+](=O)[O-])[C@@](C)(OC)C[C@@H](C)C(=O)[C@H](C)[C@H]2OC(=O)O[C@@]21C. The van der Waals surface area contributed by atoms with E-state index in [1.807, 2.05) is 25.9 Å². The zero-order valence-electron chi connectivity index (χ0n) is 37.0. The third-order valence-corrected chi connectivity index (χ3v) is 12.7. The Bertz CT molecular complexity index is 1930. The van der Waals surface area contributed by atoms with Gasteiger partial charge in [-0.05, 0) is 104 Å². The van der Waals surface area contributed by atoms with Crippen LogP contribution in [0.1, 0.15) is 80.2 Å². The molecule has 0 spiro atoms. The van der Waals surface area contributed by atoms with Gasteiger partial charge in [-0.3, -0.25) is 19.7 Å². The number of halogens is 2. The summed E-state index contributed by atoms with van der Waals surface area (Å²) in [4.78, 5) is 55.0. The van der Waals surface area contributed by atoms with E-state index in [0.29, 0.717) is 12.0 Å². The van der Waals surface area contributed by atoms with Gasteiger partial charge < -0.3 is 42.8 Å². The molecule has 338 valence electrons. The van der Waals surface area contributed by atoms with E-state index in [9.17, 15) is 33.3 Å². The largest absolute Gasteiger partial charge is 0.509 e. The van der Waals surface area contributed by atoms with Crippen molar-refractivity contribution in [1.82, 2.24) is 4.90 Å². The number of ether oxygens (including phenoxy) is 8. The fourth-order valence-corrected chi connectivity index (χ4v) is 9.28. The first-order valence-corrected chi connectivity index (χ1v) is 20.7. The Labute approximate surface area is 355 Å². The van der Waals surface area contributed by atoms with Crippen molar-refractivity contribution in [2.24, 2.45) is 23.7 Å². The van der Waals surface area contributed by atoms with Crippen LogP contribution in [-0.2, 0) is 38.0 Å². The van der Waals surface area contributed by atoms with Gasteiger partial charge in [0, 0.05) is 18.9 Å². The molecule has 2 aromatic rings. The highest BCUT2D eigenvalue weighted by molar-refractivity contribution is 5.84. The van der Waals surface area contributed by atoms with Gasteiger partial charge in [0.15, 0.2) is 29.8 Å². The van der Waals surface area contributed by atoms with Gasteiger partial charge in [-0.25, -0.2) is 13.6 Å². The van der Waals surface area contributed by atoms with Crippen LogP contribution in [0.4, 0.5) is 19.3 Å². The van der Waals surface area contributed by atoms with Crippen LogP contribution >= 0.6 is 0 Å². The Morgan fingerprint density at radius 2 is 1.54 bits per heavy atom. The highest BCUT2D eigenvalue weighted by Crippen LogP contribution is 2.44. The number of benzene rings is 2. The molecular weight excluding hydrogens is 802 g/mol. The minimum absolute atomic E-state index is 0.0343. The van der Waals surface area contributed by atoms with E-state index in [2.05, 4.69) is 0 Å². The number of hydrogen-bond donors (Lipinski definition) is 0. The fourth-order valence-electron chi connectivity index (χ4n) is 9.28. The number of rotatable bonds is 10. The number of methoxy groups -OCH3 is 1. The number of fused-ring (bicyclic) bond motifs is 1. The molecule has 0 aromatic heterocycles. The quantitative estimate of drug-likeness (QED) is 0.132. The number of cyclic esters (lactones) is 1. The van der Waals surface area contributed by atoms with Crippen molar-refractivity contribution in [1.29, 1.82) is 0 Å². The van der Waals surface area contributed by atoms with Crippen LogP contribution in [0.3, 0.4) is 0 Å². The van der Waals surface area contributed by atoms with Gasteiger partial charge in [0.25, 0.3) is 0 Å². The lowest BCUT2D eigenvalue weighted by molar-refractivity contribution is -0.386. The molecule has 0 unspecified atom stereocenters. The first kappa shape index (κ1) is 47.6. The molecule has 3 fully saturated rings. The lowest BCUT2D eigenvalue weighted by Gasteiger charge is -2.49. The zero-order valence-corrected chi connectivity index (χ0v) is 37.0. The molecule has 0 saturated carbocycles. The summed E-state index contributed by atoms with van der Waals surface area (Å²) >= 11 is 0. The van der Waals surface area contributed by atoms with Crippen molar-refractivity contribution in [3.05, 3.63) is 63.7 Å². The first-order valence-electron chi connectivity index (χ1n) is 20.7. The van der Waals surface area contributed by atoms with E-state index < -0.39 is 118 Å². The van der Waals surface area contributed by atoms with Gasteiger partial charge in [0.2, 0.25) is 0 Å². The molecule has 3 heterocycles. The lowest BCUT2D eigenvalue weighted by atomic mass is 9.74. The molecule has 14 atom stereocenters. The van der Waals surface area contributed by atoms with E-state index in [1.165, 1.54) is 31.4 Å². The first-order chi connectivity index (χ1) is 28.5. The topological polar surface area (TPSA) is 171 Å². The van der Waals surface area contributed by atoms with Crippen LogP contribution in [0.2, 0.25) is 0 Å². The summed E-state index contributed by atoms with van der Waals surface area (Å²) in [6.45, 7) is 15.4. The standard InChI is InChI=1S/C44H60F2N2O13/c1-13-34-44(9)39(60-42(51)61-44)25(5)35(49)23(3)21-43(8,54-12)38(26(6)36(27(7)40(50)58-34)56-32-16-14-28(45)18-22(32)2)59-41-37(31(47(10)11)19-24(4)55-41)57-33-17-15-29(46)20-30(33)48(52)53/h14-18,20,23-27,31,34,36-39,41H,13,19,21H2,1-12H3/t23-,24-,25+,26+,27-,31+,34-,36+,37-,38-,39-,41+,43+,44-/m1/s1. The molecule has 0 bridgehead atoms. The summed E-state index contributed by atoms with van der Waals surface area (Å²) in [6.07, 6.45) is -7.48. The number of nitro groups is 1. The second kappa shape index (κ2) is 18.9. The predicted octanol–water partition coefficient (Wildman–Crippen LogP) is 7.36. The Hall–Kier alpha value is -4.45. The molecule has 3 aliphatic rings. The second-order valence-corrected chi connectivity index (χ2v) is 17.5. The van der Waals surface area contributed by atoms with Gasteiger partial charge in [0.1, 0.15) is 35.4 Å². The molecule has 15 nitrogen and oxygen atoms in total. The number of carbonyl (C=O) groups excluding carboxylic acids is 3. The maximum Gasteiger partial charge on any atom is 0.509 e. The van der Waals surface area contributed by atoms with Crippen LogP contribution in [0.25, 0.3) is 0 Å². The molecule has 3 aliphatic heterocycles. The van der Waals surface area contributed by atoms with Crippen molar-refractivity contribution in [2.75, 3.05) is 21.2 Å². The Morgan fingerprint density at radius 1 is 0.918 bits per heavy atom. The molecular formula is C44H60F2N2O13. The number of hydrogen-bond acceptors (Lipinski definition) is 14. The highest BCUT2D eigenvalue weighted by Gasteiger charge is 2.59. The van der Waals surface area contributed by atoms with Crippen molar-refractivity contribution in [3.63, 3.8) is 0 Å². The molecule has 5 rings (SSSR count). The maximum absolute atomic E-state index is 14.5. The van der Waals surface area contributed by atoms with Crippen LogP contribution in [0.15, 0.2) is 36.4 Å². The van der Waals surface area contributed by atoms with Crippen LogP contribution in [-0.4, -0.2) is 109 Å². The minimum Gasteiger partial charge on any atom is -0.489 e. The molecule has 0 N–H and O–H groups in total. The Kier molecular flexibility index (Phi) is 14.7. The van der Waals surface area contributed by atoms with E-state index in [1.54, 1.807) is 55.4 Å².